The second-order valence-corrected chi connectivity index (χ2v) is 3.71. The van der Waals surface area contributed by atoms with Crippen LogP contribution in [-0.2, 0) is 9.53 Å². The highest BCUT2D eigenvalue weighted by Crippen LogP contribution is 2.20. The summed E-state index contributed by atoms with van der Waals surface area (Å²) in [5, 5.41) is 9.65. The minimum Gasteiger partial charge on any atom is -0.460 e. The predicted molar refractivity (Wildman–Crippen MR) is 49.3 cm³/mol. The van der Waals surface area contributed by atoms with E-state index in [0.29, 0.717) is 0 Å². The summed E-state index contributed by atoms with van der Waals surface area (Å²) < 4.78 is 5.05. The molecule has 0 saturated heterocycles. The monoisotopic (exact) mass is 186 g/mol. The molecule has 0 spiro atoms. The van der Waals surface area contributed by atoms with E-state index in [9.17, 15) is 9.90 Å². The van der Waals surface area contributed by atoms with Crippen LogP contribution in [0, 0.1) is 0 Å². The standard InChI is InChI=1S/C10H18O3/c1-8(11)13-10-7-5-3-2-4-6-9(10)12/h9-10,12H,2-7H2,1H3/t9-,10-/m1/s1. The number of carbonyl (C=O) groups is 1. The van der Waals surface area contributed by atoms with Gasteiger partial charge in [0.05, 0.1) is 6.10 Å². The van der Waals surface area contributed by atoms with E-state index in [1.165, 1.54) is 19.8 Å². The molecular formula is C10H18O3. The Kier molecular flexibility index (Phi) is 4.22. The van der Waals surface area contributed by atoms with Crippen molar-refractivity contribution in [3.05, 3.63) is 0 Å². The maximum Gasteiger partial charge on any atom is 0.302 e. The highest BCUT2D eigenvalue weighted by atomic mass is 16.6. The van der Waals surface area contributed by atoms with Crippen LogP contribution < -0.4 is 0 Å². The molecule has 0 heterocycles. The zero-order chi connectivity index (χ0) is 9.68. The summed E-state index contributed by atoms with van der Waals surface area (Å²) in [6, 6.07) is 0. The van der Waals surface area contributed by atoms with Crippen LogP contribution >= 0.6 is 0 Å². The van der Waals surface area contributed by atoms with Crippen molar-refractivity contribution in [2.24, 2.45) is 0 Å². The van der Waals surface area contributed by atoms with E-state index in [-0.39, 0.29) is 12.1 Å². The molecule has 3 heteroatoms. The number of ether oxygens (including phenoxy) is 1. The Morgan fingerprint density at radius 1 is 1.23 bits per heavy atom. The molecule has 0 radical (unpaired) electrons. The minimum absolute atomic E-state index is 0.266. The molecular weight excluding hydrogens is 168 g/mol. The molecule has 1 N–H and O–H groups in total. The maximum absolute atomic E-state index is 10.7. The first-order valence-corrected chi connectivity index (χ1v) is 5.05. The molecule has 2 atom stereocenters. The molecule has 3 nitrogen and oxygen atoms in total. The molecule has 0 unspecified atom stereocenters. The highest BCUT2D eigenvalue weighted by Gasteiger charge is 2.22. The molecule has 0 bridgehead atoms. The first-order chi connectivity index (χ1) is 6.20. The second-order valence-electron chi connectivity index (χ2n) is 3.71. The van der Waals surface area contributed by atoms with E-state index in [4.69, 9.17) is 4.74 Å². The van der Waals surface area contributed by atoms with Gasteiger partial charge in [0.15, 0.2) is 0 Å². The van der Waals surface area contributed by atoms with Crippen molar-refractivity contribution in [1.82, 2.24) is 0 Å². The van der Waals surface area contributed by atoms with Gasteiger partial charge in [-0.1, -0.05) is 19.3 Å². The van der Waals surface area contributed by atoms with Gasteiger partial charge in [0.1, 0.15) is 6.10 Å². The summed E-state index contributed by atoms with van der Waals surface area (Å²) in [5.41, 5.74) is 0. The molecule has 0 aliphatic heterocycles. The third-order valence-corrected chi connectivity index (χ3v) is 2.49. The van der Waals surface area contributed by atoms with Crippen molar-refractivity contribution in [2.45, 2.75) is 57.7 Å². The Morgan fingerprint density at radius 2 is 1.85 bits per heavy atom. The fourth-order valence-corrected chi connectivity index (χ4v) is 1.78. The Bertz CT molecular complexity index is 168. The summed E-state index contributed by atoms with van der Waals surface area (Å²) in [4.78, 5) is 10.7. The van der Waals surface area contributed by atoms with Crippen LogP contribution in [0.1, 0.15) is 45.4 Å². The lowest BCUT2D eigenvalue weighted by atomic mass is 9.96. The largest absolute Gasteiger partial charge is 0.460 e. The van der Waals surface area contributed by atoms with Crippen LogP contribution in [0.2, 0.25) is 0 Å². The number of rotatable bonds is 1. The number of aliphatic hydroxyl groups excluding tert-OH is 1. The van der Waals surface area contributed by atoms with Gasteiger partial charge in [0.25, 0.3) is 0 Å². The smallest absolute Gasteiger partial charge is 0.302 e. The van der Waals surface area contributed by atoms with Crippen molar-refractivity contribution < 1.29 is 14.6 Å². The minimum atomic E-state index is -0.454. The summed E-state index contributed by atoms with van der Waals surface area (Å²) in [7, 11) is 0. The van der Waals surface area contributed by atoms with E-state index < -0.39 is 6.10 Å². The van der Waals surface area contributed by atoms with Crippen molar-refractivity contribution in [2.75, 3.05) is 0 Å². The number of esters is 1. The fourth-order valence-electron chi connectivity index (χ4n) is 1.78. The van der Waals surface area contributed by atoms with Gasteiger partial charge in [-0.3, -0.25) is 4.79 Å². The van der Waals surface area contributed by atoms with Crippen LogP contribution in [0.3, 0.4) is 0 Å². The number of carbonyl (C=O) groups excluding carboxylic acids is 1. The molecule has 1 aliphatic carbocycles. The molecule has 13 heavy (non-hydrogen) atoms. The summed E-state index contributed by atoms with van der Waals surface area (Å²) in [5.74, 6) is -0.287. The van der Waals surface area contributed by atoms with Gasteiger partial charge in [-0.25, -0.2) is 0 Å². The Labute approximate surface area is 79.1 Å². The number of hydrogen-bond donors (Lipinski definition) is 1. The molecule has 1 aliphatic rings. The molecule has 0 aromatic heterocycles. The van der Waals surface area contributed by atoms with Crippen LogP contribution in [0.25, 0.3) is 0 Å². The van der Waals surface area contributed by atoms with E-state index in [1.54, 1.807) is 0 Å². The zero-order valence-corrected chi connectivity index (χ0v) is 8.16. The predicted octanol–water partition coefficient (Wildman–Crippen LogP) is 1.63. The van der Waals surface area contributed by atoms with E-state index in [1.807, 2.05) is 0 Å². The average molecular weight is 186 g/mol. The van der Waals surface area contributed by atoms with Gasteiger partial charge >= 0.3 is 5.97 Å². The lowest BCUT2D eigenvalue weighted by molar-refractivity contribution is -0.153. The summed E-state index contributed by atoms with van der Waals surface area (Å²) in [6.07, 6.45) is 5.31. The van der Waals surface area contributed by atoms with Crippen LogP contribution in [0.4, 0.5) is 0 Å². The topological polar surface area (TPSA) is 46.5 Å². The van der Waals surface area contributed by atoms with Crippen molar-refractivity contribution >= 4 is 5.97 Å². The summed E-state index contributed by atoms with van der Waals surface area (Å²) >= 11 is 0. The van der Waals surface area contributed by atoms with E-state index >= 15 is 0 Å². The molecule has 76 valence electrons. The maximum atomic E-state index is 10.7. The number of aliphatic hydroxyl groups is 1. The molecule has 0 amide bonds. The lowest BCUT2D eigenvalue weighted by Crippen LogP contribution is -2.31. The Balaban J connectivity index is 2.41. The van der Waals surface area contributed by atoms with E-state index in [0.717, 1.165) is 25.7 Å². The Morgan fingerprint density at radius 3 is 2.46 bits per heavy atom. The molecule has 0 aromatic carbocycles. The van der Waals surface area contributed by atoms with Crippen molar-refractivity contribution in [3.8, 4) is 0 Å². The van der Waals surface area contributed by atoms with Gasteiger partial charge in [0, 0.05) is 6.92 Å². The van der Waals surface area contributed by atoms with Gasteiger partial charge in [-0.2, -0.15) is 0 Å². The SMILES string of the molecule is CC(=O)O[C@@H]1CCCCCC[C@H]1O. The second kappa shape index (κ2) is 5.22. The highest BCUT2D eigenvalue weighted by molar-refractivity contribution is 5.66. The third kappa shape index (κ3) is 3.77. The van der Waals surface area contributed by atoms with E-state index in [2.05, 4.69) is 0 Å². The lowest BCUT2D eigenvalue weighted by Gasteiger charge is -2.24. The number of hydrogen-bond acceptors (Lipinski definition) is 3. The van der Waals surface area contributed by atoms with Crippen LogP contribution in [0.5, 0.6) is 0 Å². The molecule has 1 saturated carbocycles. The Hall–Kier alpha value is -0.570. The fraction of sp³-hybridized carbons (Fsp3) is 0.900. The average Bonchev–Trinajstić information content (AvgIpc) is 2.04. The van der Waals surface area contributed by atoms with Gasteiger partial charge < -0.3 is 9.84 Å². The molecule has 1 rings (SSSR count). The molecule has 1 fully saturated rings. The zero-order valence-electron chi connectivity index (χ0n) is 8.16. The van der Waals surface area contributed by atoms with Gasteiger partial charge in [-0.05, 0) is 19.3 Å². The quantitative estimate of drug-likeness (QED) is 0.633. The molecule has 0 aromatic rings. The van der Waals surface area contributed by atoms with Crippen molar-refractivity contribution in [1.29, 1.82) is 0 Å². The van der Waals surface area contributed by atoms with Crippen molar-refractivity contribution in [3.63, 3.8) is 0 Å². The van der Waals surface area contributed by atoms with Crippen LogP contribution in [0.15, 0.2) is 0 Å². The van der Waals surface area contributed by atoms with Gasteiger partial charge in [0.2, 0.25) is 0 Å². The third-order valence-electron chi connectivity index (χ3n) is 2.49. The van der Waals surface area contributed by atoms with Gasteiger partial charge in [-0.15, -0.1) is 0 Å². The first-order valence-electron chi connectivity index (χ1n) is 5.05. The normalized spacial score (nSPS) is 30.3. The van der Waals surface area contributed by atoms with Crippen LogP contribution in [-0.4, -0.2) is 23.3 Å². The summed E-state index contributed by atoms with van der Waals surface area (Å²) in [6.45, 7) is 1.39. The first kappa shape index (κ1) is 10.5.